The summed E-state index contributed by atoms with van der Waals surface area (Å²) < 4.78 is 34.8. The molecule has 0 saturated heterocycles. The van der Waals surface area contributed by atoms with Crippen LogP contribution in [0.15, 0.2) is 114 Å². The number of aryl methyl sites for hydroxylation is 1. The van der Waals surface area contributed by atoms with Crippen molar-refractivity contribution in [2.75, 3.05) is 17.9 Å². The first-order valence-corrected chi connectivity index (χ1v) is 14.6. The van der Waals surface area contributed by atoms with Crippen molar-refractivity contribution in [3.63, 3.8) is 0 Å². The van der Waals surface area contributed by atoms with Gasteiger partial charge in [0.1, 0.15) is 24.1 Å². The number of sulfonamides is 1. The highest BCUT2D eigenvalue weighted by Crippen LogP contribution is 2.28. The molecule has 0 bridgehead atoms. The predicted octanol–water partition coefficient (Wildman–Crippen LogP) is 5.15. The van der Waals surface area contributed by atoms with Gasteiger partial charge in [-0.05, 0) is 67.9 Å². The van der Waals surface area contributed by atoms with Crippen molar-refractivity contribution >= 4 is 27.5 Å². The van der Waals surface area contributed by atoms with Crippen LogP contribution in [0, 0.1) is 6.92 Å². The quantitative estimate of drug-likeness (QED) is 0.269. The summed E-state index contributed by atoms with van der Waals surface area (Å²) in [6, 6.07) is 30.6. The Balaban J connectivity index is 1.69. The third kappa shape index (κ3) is 7.32. The van der Waals surface area contributed by atoms with Crippen LogP contribution in [0.25, 0.3) is 0 Å². The minimum atomic E-state index is -4.15. The number of hydrogen-bond acceptors (Lipinski definition) is 5. The van der Waals surface area contributed by atoms with Crippen LogP contribution >= 0.6 is 0 Å². The van der Waals surface area contributed by atoms with Gasteiger partial charge in [-0.3, -0.25) is 13.9 Å². The average Bonchev–Trinajstić information content (AvgIpc) is 2.99. The Morgan fingerprint density at radius 1 is 0.805 bits per heavy atom. The van der Waals surface area contributed by atoms with E-state index in [1.807, 2.05) is 67.6 Å². The first-order valence-electron chi connectivity index (χ1n) is 13.2. The lowest BCUT2D eigenvalue weighted by Gasteiger charge is -2.31. The lowest BCUT2D eigenvalue weighted by atomic mass is 10.1. The van der Waals surface area contributed by atoms with Gasteiger partial charge in [0.2, 0.25) is 11.8 Å². The van der Waals surface area contributed by atoms with Crippen LogP contribution in [-0.4, -0.2) is 44.8 Å². The third-order valence-electron chi connectivity index (χ3n) is 6.60. The van der Waals surface area contributed by atoms with Gasteiger partial charge in [0.25, 0.3) is 10.0 Å². The number of amides is 2. The van der Waals surface area contributed by atoms with Crippen LogP contribution in [0.5, 0.6) is 11.5 Å². The number of nitrogens with zero attached hydrogens (tertiary/aromatic N) is 2. The second kappa shape index (κ2) is 13.1. The molecule has 0 saturated carbocycles. The number of likely N-dealkylation sites (N-methyl/N-ethyl adjacent to an activating group) is 1. The van der Waals surface area contributed by atoms with Crippen molar-refractivity contribution < 1.29 is 22.7 Å². The van der Waals surface area contributed by atoms with Gasteiger partial charge in [0.15, 0.2) is 0 Å². The molecule has 0 aliphatic rings. The monoisotopic (exact) mass is 571 g/mol. The van der Waals surface area contributed by atoms with Crippen LogP contribution in [0.3, 0.4) is 0 Å². The molecule has 4 rings (SSSR count). The molecule has 0 radical (unpaired) electrons. The van der Waals surface area contributed by atoms with E-state index in [0.29, 0.717) is 11.5 Å². The molecule has 2 amide bonds. The van der Waals surface area contributed by atoms with Gasteiger partial charge < -0.3 is 15.0 Å². The second-order valence-electron chi connectivity index (χ2n) is 9.53. The summed E-state index contributed by atoms with van der Waals surface area (Å²) in [5.41, 5.74) is 2.00. The number of hydrogen-bond donors (Lipinski definition) is 1. The van der Waals surface area contributed by atoms with Crippen LogP contribution in [0.4, 0.5) is 5.69 Å². The highest BCUT2D eigenvalue weighted by Gasteiger charge is 2.32. The molecule has 1 atom stereocenters. The van der Waals surface area contributed by atoms with E-state index in [1.165, 1.54) is 24.1 Å². The van der Waals surface area contributed by atoms with E-state index < -0.39 is 28.5 Å². The van der Waals surface area contributed by atoms with Crippen molar-refractivity contribution in [2.45, 2.75) is 31.3 Å². The molecule has 4 aromatic rings. The standard InChI is InChI=1S/C32H33N3O5S/c1-24-14-20-30(21-15-24)41(38,39)35(27-16-18-29(19-17-27)40-28-12-8-5-9-13-28)23-31(36)34(25(2)32(37)33-3)22-26-10-6-4-7-11-26/h4-21,25H,22-23H2,1-3H3,(H,33,37)/t25-/m1/s1. The van der Waals surface area contributed by atoms with Crippen LogP contribution in [-0.2, 0) is 26.2 Å². The number of para-hydroxylation sites is 1. The summed E-state index contributed by atoms with van der Waals surface area (Å²) in [4.78, 5) is 27.9. The summed E-state index contributed by atoms with van der Waals surface area (Å²) >= 11 is 0. The minimum Gasteiger partial charge on any atom is -0.457 e. The first-order chi connectivity index (χ1) is 19.7. The van der Waals surface area contributed by atoms with E-state index in [4.69, 9.17) is 4.74 Å². The zero-order valence-corrected chi connectivity index (χ0v) is 24.0. The number of carbonyl (C=O) groups excluding carboxylic acids is 2. The summed E-state index contributed by atoms with van der Waals surface area (Å²) in [5.74, 6) is 0.270. The van der Waals surface area contributed by atoms with E-state index in [2.05, 4.69) is 5.32 Å². The third-order valence-corrected chi connectivity index (χ3v) is 8.39. The highest BCUT2D eigenvalue weighted by molar-refractivity contribution is 7.92. The molecular weight excluding hydrogens is 538 g/mol. The van der Waals surface area contributed by atoms with Crippen LogP contribution in [0.1, 0.15) is 18.1 Å². The Morgan fingerprint density at radius 3 is 1.95 bits per heavy atom. The molecular formula is C32H33N3O5S. The van der Waals surface area contributed by atoms with Crippen molar-refractivity contribution in [1.29, 1.82) is 0 Å². The molecule has 1 N–H and O–H groups in total. The summed E-state index contributed by atoms with van der Waals surface area (Å²) in [5, 5.41) is 2.58. The van der Waals surface area contributed by atoms with E-state index in [-0.39, 0.29) is 23.0 Å². The lowest BCUT2D eigenvalue weighted by Crippen LogP contribution is -2.50. The molecule has 0 fully saturated rings. The van der Waals surface area contributed by atoms with Crippen molar-refractivity contribution in [2.24, 2.45) is 0 Å². The number of benzene rings is 4. The smallest absolute Gasteiger partial charge is 0.264 e. The number of anilines is 1. The summed E-state index contributed by atoms with van der Waals surface area (Å²) in [7, 11) is -2.65. The number of ether oxygens (including phenoxy) is 1. The molecule has 8 nitrogen and oxygen atoms in total. The second-order valence-corrected chi connectivity index (χ2v) is 11.4. The van der Waals surface area contributed by atoms with Crippen molar-refractivity contribution in [3.8, 4) is 11.5 Å². The summed E-state index contributed by atoms with van der Waals surface area (Å²) in [6.45, 7) is 3.11. The van der Waals surface area contributed by atoms with Gasteiger partial charge in [0.05, 0.1) is 10.6 Å². The van der Waals surface area contributed by atoms with Gasteiger partial charge in [-0.2, -0.15) is 0 Å². The van der Waals surface area contributed by atoms with Gasteiger partial charge in [-0.25, -0.2) is 8.42 Å². The highest BCUT2D eigenvalue weighted by atomic mass is 32.2. The van der Waals surface area contributed by atoms with E-state index >= 15 is 0 Å². The molecule has 0 heterocycles. The molecule has 0 aromatic heterocycles. The molecule has 0 unspecified atom stereocenters. The molecule has 0 aliphatic heterocycles. The summed E-state index contributed by atoms with van der Waals surface area (Å²) in [6.07, 6.45) is 0. The van der Waals surface area contributed by atoms with Crippen molar-refractivity contribution in [3.05, 3.63) is 120 Å². The van der Waals surface area contributed by atoms with Crippen LogP contribution in [0.2, 0.25) is 0 Å². The van der Waals surface area contributed by atoms with Gasteiger partial charge in [0, 0.05) is 13.6 Å². The Hall–Kier alpha value is -4.63. The fourth-order valence-electron chi connectivity index (χ4n) is 4.24. The van der Waals surface area contributed by atoms with Gasteiger partial charge in [-0.1, -0.05) is 66.2 Å². The van der Waals surface area contributed by atoms with E-state index in [1.54, 1.807) is 43.3 Å². The number of carbonyl (C=O) groups is 2. The molecule has 41 heavy (non-hydrogen) atoms. The fourth-order valence-corrected chi connectivity index (χ4v) is 5.66. The normalized spacial score (nSPS) is 11.8. The molecule has 9 heteroatoms. The van der Waals surface area contributed by atoms with E-state index in [0.717, 1.165) is 15.4 Å². The zero-order valence-electron chi connectivity index (χ0n) is 23.2. The topological polar surface area (TPSA) is 96.0 Å². The molecule has 4 aromatic carbocycles. The minimum absolute atomic E-state index is 0.0504. The first kappa shape index (κ1) is 29.4. The van der Waals surface area contributed by atoms with Crippen molar-refractivity contribution in [1.82, 2.24) is 10.2 Å². The largest absolute Gasteiger partial charge is 0.457 e. The van der Waals surface area contributed by atoms with E-state index in [9.17, 15) is 18.0 Å². The molecule has 212 valence electrons. The predicted molar refractivity (Wildman–Crippen MR) is 159 cm³/mol. The van der Waals surface area contributed by atoms with Gasteiger partial charge >= 0.3 is 0 Å². The Bertz CT molecular complexity index is 1560. The van der Waals surface area contributed by atoms with Crippen LogP contribution < -0.4 is 14.4 Å². The maximum atomic E-state index is 13.9. The Morgan fingerprint density at radius 2 is 1.37 bits per heavy atom. The maximum Gasteiger partial charge on any atom is 0.264 e. The Kier molecular flexibility index (Phi) is 9.41. The fraction of sp³-hybridized carbons (Fsp3) is 0.188. The SMILES string of the molecule is CNC(=O)[C@@H](C)N(Cc1ccccc1)C(=O)CN(c1ccc(Oc2ccccc2)cc1)S(=O)(=O)c1ccc(C)cc1. The lowest BCUT2D eigenvalue weighted by molar-refractivity contribution is -0.139. The maximum absolute atomic E-state index is 13.9. The molecule has 0 spiro atoms. The number of nitrogens with one attached hydrogen (secondary N) is 1. The Labute approximate surface area is 241 Å². The zero-order chi connectivity index (χ0) is 29.4. The van der Waals surface area contributed by atoms with Gasteiger partial charge in [-0.15, -0.1) is 0 Å². The average molecular weight is 572 g/mol. The number of rotatable bonds is 11. The molecule has 0 aliphatic carbocycles.